The van der Waals surface area contributed by atoms with Gasteiger partial charge in [-0.25, -0.2) is 0 Å². The summed E-state index contributed by atoms with van der Waals surface area (Å²) in [4.78, 5) is 10.3. The van der Waals surface area contributed by atoms with Crippen molar-refractivity contribution in [2.24, 2.45) is 5.73 Å². The molecule has 0 saturated carbocycles. The molecule has 1 aliphatic carbocycles. The minimum atomic E-state index is -0.355. The van der Waals surface area contributed by atoms with E-state index in [9.17, 15) is 10.1 Å². The Morgan fingerprint density at radius 2 is 2.29 bits per heavy atom. The molecule has 4 nitrogen and oxygen atoms in total. The van der Waals surface area contributed by atoms with Gasteiger partial charge in [0.05, 0.1) is 4.92 Å². The highest BCUT2D eigenvalue weighted by Crippen LogP contribution is 2.35. The molecule has 0 amide bonds. The average Bonchev–Trinajstić information content (AvgIpc) is 2.48. The molecule has 0 radical (unpaired) electrons. The Morgan fingerprint density at radius 3 is 2.93 bits per heavy atom. The van der Waals surface area contributed by atoms with E-state index in [-0.39, 0.29) is 16.7 Å². The second-order valence-electron chi connectivity index (χ2n) is 3.40. The summed E-state index contributed by atoms with van der Waals surface area (Å²) < 4.78 is 0.914. The number of hydrogen-bond acceptors (Lipinski definition) is 3. The average molecular weight is 304 g/mol. The highest BCUT2D eigenvalue weighted by Gasteiger charge is 2.24. The monoisotopic (exact) mass is 304 g/mol. The van der Waals surface area contributed by atoms with Gasteiger partial charge in [-0.1, -0.05) is 0 Å². The SMILES string of the molecule is N[C@@H]1CCc2cc([N+](=O)[O-])cc(I)c21. The van der Waals surface area contributed by atoms with Crippen molar-refractivity contribution in [3.05, 3.63) is 36.9 Å². The molecule has 2 rings (SSSR count). The maximum atomic E-state index is 10.6. The number of benzene rings is 1. The van der Waals surface area contributed by atoms with Gasteiger partial charge in [-0.2, -0.15) is 0 Å². The van der Waals surface area contributed by atoms with E-state index in [0.717, 1.165) is 27.5 Å². The summed E-state index contributed by atoms with van der Waals surface area (Å²) in [5.41, 5.74) is 8.20. The Labute approximate surface area is 94.8 Å². The number of nitrogens with two attached hydrogens (primary N) is 1. The van der Waals surface area contributed by atoms with E-state index in [1.54, 1.807) is 12.1 Å². The zero-order chi connectivity index (χ0) is 10.3. The van der Waals surface area contributed by atoms with Gasteiger partial charge in [0.2, 0.25) is 0 Å². The van der Waals surface area contributed by atoms with Gasteiger partial charge in [0, 0.05) is 21.7 Å². The minimum absolute atomic E-state index is 0.0534. The van der Waals surface area contributed by atoms with Crippen LogP contribution in [0.2, 0.25) is 0 Å². The van der Waals surface area contributed by atoms with Crippen molar-refractivity contribution in [1.29, 1.82) is 0 Å². The molecule has 1 aliphatic rings. The first-order valence-corrected chi connectivity index (χ1v) is 5.39. The van der Waals surface area contributed by atoms with Gasteiger partial charge < -0.3 is 5.73 Å². The fourth-order valence-electron chi connectivity index (χ4n) is 1.84. The number of hydrogen-bond donors (Lipinski definition) is 1. The Balaban J connectivity index is 2.57. The zero-order valence-electron chi connectivity index (χ0n) is 7.37. The van der Waals surface area contributed by atoms with Gasteiger partial charge in [0.25, 0.3) is 5.69 Å². The number of nitrogens with zero attached hydrogens (tertiary/aromatic N) is 1. The predicted molar refractivity (Wildman–Crippen MR) is 61.1 cm³/mol. The Bertz CT molecular complexity index is 406. The molecular formula is C9H9IN2O2. The number of halogens is 1. The molecule has 14 heavy (non-hydrogen) atoms. The lowest BCUT2D eigenvalue weighted by Gasteiger charge is -2.06. The maximum Gasteiger partial charge on any atom is 0.270 e. The van der Waals surface area contributed by atoms with Crippen LogP contribution in [-0.2, 0) is 6.42 Å². The third kappa shape index (κ3) is 1.50. The van der Waals surface area contributed by atoms with Crippen molar-refractivity contribution in [2.45, 2.75) is 18.9 Å². The normalized spacial score (nSPS) is 19.4. The topological polar surface area (TPSA) is 69.2 Å². The molecule has 0 spiro atoms. The second kappa shape index (κ2) is 3.47. The lowest BCUT2D eigenvalue weighted by atomic mass is 10.1. The molecule has 0 bridgehead atoms. The minimum Gasteiger partial charge on any atom is -0.324 e. The van der Waals surface area contributed by atoms with E-state index < -0.39 is 0 Å². The van der Waals surface area contributed by atoms with Crippen LogP contribution in [0.15, 0.2) is 12.1 Å². The summed E-state index contributed by atoms with van der Waals surface area (Å²) in [6.45, 7) is 0. The van der Waals surface area contributed by atoms with Crippen LogP contribution in [0.3, 0.4) is 0 Å². The summed E-state index contributed by atoms with van der Waals surface area (Å²) in [5, 5.41) is 10.6. The third-order valence-corrected chi connectivity index (χ3v) is 3.40. The lowest BCUT2D eigenvalue weighted by Crippen LogP contribution is -2.07. The molecule has 0 saturated heterocycles. The molecule has 1 atom stereocenters. The third-order valence-electron chi connectivity index (χ3n) is 2.51. The largest absolute Gasteiger partial charge is 0.324 e. The van der Waals surface area contributed by atoms with E-state index in [1.165, 1.54) is 0 Å². The zero-order valence-corrected chi connectivity index (χ0v) is 9.52. The first-order chi connectivity index (χ1) is 6.59. The van der Waals surface area contributed by atoms with Crippen molar-refractivity contribution in [1.82, 2.24) is 0 Å². The molecule has 1 aromatic rings. The highest BCUT2D eigenvalue weighted by atomic mass is 127. The second-order valence-corrected chi connectivity index (χ2v) is 4.56. The fourth-order valence-corrected chi connectivity index (χ4v) is 2.91. The number of nitro benzene ring substituents is 1. The van der Waals surface area contributed by atoms with E-state index in [2.05, 4.69) is 22.6 Å². The Morgan fingerprint density at radius 1 is 1.57 bits per heavy atom. The van der Waals surface area contributed by atoms with Crippen molar-refractivity contribution < 1.29 is 4.92 Å². The molecule has 74 valence electrons. The molecule has 0 aromatic heterocycles. The lowest BCUT2D eigenvalue weighted by molar-refractivity contribution is -0.385. The van der Waals surface area contributed by atoms with Crippen molar-refractivity contribution in [3.8, 4) is 0 Å². The van der Waals surface area contributed by atoms with Crippen LogP contribution in [0, 0.1) is 13.7 Å². The molecule has 1 aromatic carbocycles. The number of nitro groups is 1. The molecule has 2 N–H and O–H groups in total. The van der Waals surface area contributed by atoms with Crippen LogP contribution < -0.4 is 5.73 Å². The summed E-state index contributed by atoms with van der Waals surface area (Å²) in [6, 6.07) is 3.28. The fraction of sp³-hybridized carbons (Fsp3) is 0.333. The van der Waals surface area contributed by atoms with Gasteiger partial charge in [0.1, 0.15) is 0 Å². The number of rotatable bonds is 1. The van der Waals surface area contributed by atoms with E-state index in [1.807, 2.05) is 0 Å². The molecule has 0 aliphatic heterocycles. The van der Waals surface area contributed by atoms with E-state index in [4.69, 9.17) is 5.73 Å². The standard InChI is InChI=1S/C9H9IN2O2/c10-7-4-6(12(13)14)3-5-1-2-8(11)9(5)7/h3-4,8H,1-2,11H2/t8-/m1/s1. The van der Waals surface area contributed by atoms with Crippen molar-refractivity contribution in [3.63, 3.8) is 0 Å². The Kier molecular flexibility index (Phi) is 2.44. The summed E-state index contributed by atoms with van der Waals surface area (Å²) in [7, 11) is 0. The van der Waals surface area contributed by atoms with Crippen molar-refractivity contribution >= 4 is 28.3 Å². The first kappa shape index (κ1) is 9.85. The number of aryl methyl sites for hydroxylation is 1. The molecular weight excluding hydrogens is 295 g/mol. The molecule has 0 heterocycles. The number of fused-ring (bicyclic) bond motifs is 1. The van der Waals surface area contributed by atoms with Crippen LogP contribution in [0.4, 0.5) is 5.69 Å². The highest BCUT2D eigenvalue weighted by molar-refractivity contribution is 14.1. The van der Waals surface area contributed by atoms with Crippen LogP contribution in [0.1, 0.15) is 23.6 Å². The van der Waals surface area contributed by atoms with Gasteiger partial charge in [0.15, 0.2) is 0 Å². The quantitative estimate of drug-likeness (QED) is 0.491. The summed E-state index contributed by atoms with van der Waals surface area (Å²) in [5.74, 6) is 0. The van der Waals surface area contributed by atoms with E-state index in [0.29, 0.717) is 0 Å². The van der Waals surface area contributed by atoms with Gasteiger partial charge >= 0.3 is 0 Å². The molecule has 0 fully saturated rings. The maximum absolute atomic E-state index is 10.6. The number of non-ortho nitro benzene ring substituents is 1. The molecule has 0 unspecified atom stereocenters. The Hall–Kier alpha value is -0.690. The molecule has 5 heteroatoms. The van der Waals surface area contributed by atoms with Crippen LogP contribution >= 0.6 is 22.6 Å². The first-order valence-electron chi connectivity index (χ1n) is 4.32. The van der Waals surface area contributed by atoms with Crippen LogP contribution in [0.25, 0.3) is 0 Å². The van der Waals surface area contributed by atoms with Crippen molar-refractivity contribution in [2.75, 3.05) is 0 Å². The van der Waals surface area contributed by atoms with Gasteiger partial charge in [-0.05, 0) is 46.6 Å². The van der Waals surface area contributed by atoms with Gasteiger partial charge in [-0.15, -0.1) is 0 Å². The smallest absolute Gasteiger partial charge is 0.270 e. The summed E-state index contributed by atoms with van der Waals surface area (Å²) >= 11 is 2.12. The van der Waals surface area contributed by atoms with E-state index >= 15 is 0 Å². The van der Waals surface area contributed by atoms with Gasteiger partial charge in [-0.3, -0.25) is 10.1 Å². The predicted octanol–water partition coefficient (Wildman–Crippen LogP) is 2.15. The van der Waals surface area contributed by atoms with Crippen LogP contribution in [-0.4, -0.2) is 4.92 Å². The summed E-state index contributed by atoms with van der Waals surface area (Å²) in [6.07, 6.45) is 1.75. The van der Waals surface area contributed by atoms with Crippen LogP contribution in [0.5, 0.6) is 0 Å².